The second-order valence-electron chi connectivity index (χ2n) is 5.32. The monoisotopic (exact) mass is 354 g/mol. The van der Waals surface area contributed by atoms with Crippen molar-refractivity contribution in [1.29, 1.82) is 0 Å². The Morgan fingerprint density at radius 2 is 1.56 bits per heavy atom. The van der Waals surface area contributed by atoms with E-state index in [2.05, 4.69) is 10.6 Å². The van der Waals surface area contributed by atoms with Gasteiger partial charge in [0, 0.05) is 24.5 Å². The largest absolute Gasteiger partial charge is 0.465 e. The third kappa shape index (κ3) is 6.60. The van der Waals surface area contributed by atoms with E-state index in [1.165, 1.54) is 0 Å². The maximum Gasteiger partial charge on any atom is 0.409 e. The molecule has 25 heavy (non-hydrogen) atoms. The Hall–Kier alpha value is -2.32. The highest BCUT2D eigenvalue weighted by atomic mass is 16.5. The van der Waals surface area contributed by atoms with Crippen LogP contribution in [-0.4, -0.2) is 48.8 Å². The molecule has 140 valence electrons. The van der Waals surface area contributed by atoms with Crippen molar-refractivity contribution in [2.45, 2.75) is 33.6 Å². The molecule has 0 spiro atoms. The molecule has 0 unspecified atom stereocenters. The van der Waals surface area contributed by atoms with Gasteiger partial charge in [-0.05, 0) is 50.8 Å². The number of ether oxygens (including phenoxy) is 2. The molecule has 0 bridgehead atoms. The van der Waals surface area contributed by atoms with Gasteiger partial charge in [-0.1, -0.05) is 0 Å². The molecular formula is C17H26N2O6. The molecule has 8 heteroatoms. The zero-order valence-corrected chi connectivity index (χ0v) is 14.8. The van der Waals surface area contributed by atoms with Crippen LogP contribution in [0.25, 0.3) is 0 Å². The van der Waals surface area contributed by atoms with Crippen LogP contribution in [0.2, 0.25) is 0 Å². The SMILES string of the molecule is CCOCCc1cc(NC(=O)O)c(CCOCC)c(NC(=O)O)c1C. The van der Waals surface area contributed by atoms with Crippen molar-refractivity contribution in [2.24, 2.45) is 0 Å². The van der Waals surface area contributed by atoms with E-state index in [-0.39, 0.29) is 0 Å². The highest BCUT2D eigenvalue weighted by Gasteiger charge is 2.18. The summed E-state index contributed by atoms with van der Waals surface area (Å²) >= 11 is 0. The molecule has 0 radical (unpaired) electrons. The van der Waals surface area contributed by atoms with Crippen molar-refractivity contribution in [3.05, 3.63) is 22.8 Å². The standard InChI is InChI=1S/C17H26N2O6/c1-4-24-8-6-12-10-14(18-16(20)21)13(7-9-25-5-2)15(11(12)3)19-17(22)23/h10,18-19H,4-9H2,1-3H3,(H,20,21)(H,22,23). The smallest absolute Gasteiger partial charge is 0.409 e. The predicted octanol–water partition coefficient (Wildman–Crippen LogP) is 3.33. The second kappa shape index (κ2) is 10.5. The van der Waals surface area contributed by atoms with Crippen LogP contribution in [0.15, 0.2) is 6.07 Å². The molecule has 0 aliphatic heterocycles. The first-order valence-corrected chi connectivity index (χ1v) is 8.21. The summed E-state index contributed by atoms with van der Waals surface area (Å²) in [5, 5.41) is 23.0. The van der Waals surface area contributed by atoms with Crippen molar-refractivity contribution < 1.29 is 29.3 Å². The summed E-state index contributed by atoms with van der Waals surface area (Å²) in [5.74, 6) is 0. The lowest BCUT2D eigenvalue weighted by Crippen LogP contribution is -2.17. The van der Waals surface area contributed by atoms with Crippen LogP contribution in [0.3, 0.4) is 0 Å². The predicted molar refractivity (Wildman–Crippen MR) is 94.9 cm³/mol. The molecule has 8 nitrogen and oxygen atoms in total. The van der Waals surface area contributed by atoms with Gasteiger partial charge in [-0.2, -0.15) is 0 Å². The molecule has 1 aromatic carbocycles. The normalized spacial score (nSPS) is 10.5. The molecule has 0 atom stereocenters. The van der Waals surface area contributed by atoms with Crippen molar-refractivity contribution in [2.75, 3.05) is 37.1 Å². The number of hydrogen-bond acceptors (Lipinski definition) is 4. The zero-order valence-electron chi connectivity index (χ0n) is 14.8. The zero-order chi connectivity index (χ0) is 18.8. The van der Waals surface area contributed by atoms with Crippen molar-refractivity contribution in [3.8, 4) is 0 Å². The lowest BCUT2D eigenvalue weighted by Gasteiger charge is -2.20. The molecule has 4 N–H and O–H groups in total. The Labute approximate surface area is 147 Å². The molecule has 0 aliphatic rings. The Morgan fingerprint density at radius 1 is 1.00 bits per heavy atom. The van der Waals surface area contributed by atoms with Gasteiger partial charge in [0.25, 0.3) is 0 Å². The maximum atomic E-state index is 11.2. The van der Waals surface area contributed by atoms with Crippen LogP contribution in [-0.2, 0) is 22.3 Å². The average molecular weight is 354 g/mol. The van der Waals surface area contributed by atoms with Gasteiger partial charge in [0.05, 0.1) is 18.9 Å². The fourth-order valence-electron chi connectivity index (χ4n) is 2.56. The van der Waals surface area contributed by atoms with Gasteiger partial charge in [0.2, 0.25) is 0 Å². The number of nitrogens with one attached hydrogen (secondary N) is 2. The summed E-state index contributed by atoms with van der Waals surface area (Å²) < 4.78 is 10.7. The van der Waals surface area contributed by atoms with Crippen molar-refractivity contribution in [3.63, 3.8) is 0 Å². The van der Waals surface area contributed by atoms with Gasteiger partial charge >= 0.3 is 12.2 Å². The van der Waals surface area contributed by atoms with Crippen LogP contribution in [0.1, 0.15) is 30.5 Å². The third-order valence-corrected chi connectivity index (χ3v) is 3.70. The topological polar surface area (TPSA) is 117 Å². The van der Waals surface area contributed by atoms with Gasteiger partial charge in [-0.15, -0.1) is 0 Å². The molecule has 0 saturated carbocycles. The van der Waals surface area contributed by atoms with Crippen LogP contribution >= 0.6 is 0 Å². The van der Waals surface area contributed by atoms with Crippen molar-refractivity contribution in [1.82, 2.24) is 0 Å². The Kier molecular flexibility index (Phi) is 8.73. The Bertz CT molecular complexity index is 603. The van der Waals surface area contributed by atoms with Gasteiger partial charge in [0.15, 0.2) is 0 Å². The number of anilines is 2. The molecule has 2 amide bonds. The molecule has 0 aliphatic carbocycles. The number of carbonyl (C=O) groups is 2. The molecule has 0 saturated heterocycles. The molecule has 1 rings (SSSR count). The fourth-order valence-corrected chi connectivity index (χ4v) is 2.56. The Morgan fingerprint density at radius 3 is 2.08 bits per heavy atom. The molecular weight excluding hydrogens is 328 g/mol. The van der Waals surface area contributed by atoms with Gasteiger partial charge in [-0.3, -0.25) is 10.6 Å². The van der Waals surface area contributed by atoms with Gasteiger partial charge < -0.3 is 19.7 Å². The highest BCUT2D eigenvalue weighted by Crippen LogP contribution is 2.32. The van der Waals surface area contributed by atoms with Gasteiger partial charge in [-0.25, -0.2) is 9.59 Å². The average Bonchev–Trinajstić information content (AvgIpc) is 2.53. The van der Waals surface area contributed by atoms with E-state index in [1.807, 2.05) is 13.8 Å². The quantitative estimate of drug-likeness (QED) is 0.479. The third-order valence-electron chi connectivity index (χ3n) is 3.70. The summed E-state index contributed by atoms with van der Waals surface area (Å²) in [5.41, 5.74) is 2.89. The molecule has 0 heterocycles. The Balaban J connectivity index is 3.32. The molecule has 0 aromatic heterocycles. The minimum Gasteiger partial charge on any atom is -0.465 e. The minimum atomic E-state index is -1.21. The van der Waals surface area contributed by atoms with E-state index >= 15 is 0 Å². The van der Waals surface area contributed by atoms with Crippen LogP contribution in [0.4, 0.5) is 21.0 Å². The van der Waals surface area contributed by atoms with Crippen LogP contribution < -0.4 is 10.6 Å². The van der Waals surface area contributed by atoms with E-state index in [0.29, 0.717) is 56.2 Å². The van der Waals surface area contributed by atoms with E-state index in [9.17, 15) is 9.59 Å². The first-order chi connectivity index (χ1) is 11.9. The van der Waals surface area contributed by atoms with Crippen molar-refractivity contribution >= 4 is 23.6 Å². The summed E-state index contributed by atoms with van der Waals surface area (Å²) in [7, 11) is 0. The number of rotatable bonds is 10. The molecule has 0 fully saturated rings. The lowest BCUT2D eigenvalue weighted by molar-refractivity contribution is 0.150. The number of amides is 2. The van der Waals surface area contributed by atoms with Crippen LogP contribution in [0, 0.1) is 6.92 Å². The first kappa shape index (κ1) is 20.7. The summed E-state index contributed by atoms with van der Waals surface area (Å²) in [6, 6.07) is 1.73. The lowest BCUT2D eigenvalue weighted by atomic mass is 9.96. The van der Waals surface area contributed by atoms with E-state index in [1.54, 1.807) is 13.0 Å². The minimum absolute atomic E-state index is 0.355. The van der Waals surface area contributed by atoms with E-state index in [4.69, 9.17) is 19.7 Å². The molecule has 1 aromatic rings. The summed E-state index contributed by atoms with van der Waals surface area (Å²) in [6.07, 6.45) is -1.48. The number of benzene rings is 1. The fraction of sp³-hybridized carbons (Fsp3) is 0.529. The van der Waals surface area contributed by atoms with E-state index in [0.717, 1.165) is 11.1 Å². The first-order valence-electron chi connectivity index (χ1n) is 8.21. The number of carboxylic acid groups (broad SMARTS) is 2. The number of hydrogen-bond donors (Lipinski definition) is 4. The van der Waals surface area contributed by atoms with E-state index < -0.39 is 12.2 Å². The van der Waals surface area contributed by atoms with Crippen LogP contribution in [0.5, 0.6) is 0 Å². The van der Waals surface area contributed by atoms with Gasteiger partial charge in [0.1, 0.15) is 0 Å². The highest BCUT2D eigenvalue weighted by molar-refractivity contribution is 5.91. The summed E-state index contributed by atoms with van der Waals surface area (Å²) in [4.78, 5) is 22.3. The second-order valence-corrected chi connectivity index (χ2v) is 5.32. The maximum absolute atomic E-state index is 11.2. The summed E-state index contributed by atoms with van der Waals surface area (Å²) in [6.45, 7) is 7.47.